The van der Waals surface area contributed by atoms with Crippen LogP contribution in [0.5, 0.6) is 5.88 Å². The molecule has 92 valence electrons. The van der Waals surface area contributed by atoms with Gasteiger partial charge in [0.1, 0.15) is 0 Å². The van der Waals surface area contributed by atoms with Crippen molar-refractivity contribution in [2.45, 2.75) is 39.2 Å². The molecule has 4 nitrogen and oxygen atoms in total. The van der Waals surface area contributed by atoms with E-state index in [1.807, 2.05) is 0 Å². The topological polar surface area (TPSA) is 47.0 Å². The lowest BCUT2D eigenvalue weighted by molar-refractivity contribution is 0.305. The van der Waals surface area contributed by atoms with E-state index in [2.05, 4.69) is 35.1 Å². The molecule has 0 saturated carbocycles. The number of anilines is 1. The summed E-state index contributed by atoms with van der Waals surface area (Å²) in [5.41, 5.74) is 0. The van der Waals surface area contributed by atoms with Crippen molar-refractivity contribution < 1.29 is 4.74 Å². The second-order valence-electron chi connectivity index (χ2n) is 3.72. The Kier molecular flexibility index (Phi) is 5.87. The second kappa shape index (κ2) is 7.50. The SMILES string of the molecule is C#CCC(CC)Nc1nccc(OCCC)n1. The number of hydrogen-bond donors (Lipinski definition) is 1. The first-order chi connectivity index (χ1) is 8.30. The van der Waals surface area contributed by atoms with Crippen LogP contribution in [0.1, 0.15) is 33.1 Å². The van der Waals surface area contributed by atoms with Gasteiger partial charge >= 0.3 is 0 Å². The summed E-state index contributed by atoms with van der Waals surface area (Å²) in [6, 6.07) is 1.96. The lowest BCUT2D eigenvalue weighted by atomic mass is 10.2. The number of aromatic nitrogens is 2. The van der Waals surface area contributed by atoms with Crippen molar-refractivity contribution in [3.8, 4) is 18.2 Å². The summed E-state index contributed by atoms with van der Waals surface area (Å²) in [6.45, 7) is 4.80. The van der Waals surface area contributed by atoms with Crippen molar-refractivity contribution in [3.63, 3.8) is 0 Å². The Morgan fingerprint density at radius 2 is 2.35 bits per heavy atom. The predicted octanol–water partition coefficient (Wildman–Crippen LogP) is 2.48. The van der Waals surface area contributed by atoms with Gasteiger partial charge in [-0.2, -0.15) is 4.98 Å². The van der Waals surface area contributed by atoms with Crippen LogP contribution in [0.25, 0.3) is 0 Å². The van der Waals surface area contributed by atoms with Gasteiger partial charge in [0.25, 0.3) is 0 Å². The highest BCUT2D eigenvalue weighted by Crippen LogP contribution is 2.11. The van der Waals surface area contributed by atoms with Gasteiger partial charge in [0.15, 0.2) is 0 Å². The predicted molar refractivity (Wildman–Crippen MR) is 69.0 cm³/mol. The molecule has 0 aliphatic heterocycles. The van der Waals surface area contributed by atoms with E-state index in [1.54, 1.807) is 12.3 Å². The molecule has 1 unspecified atom stereocenters. The molecule has 1 rings (SSSR count). The van der Waals surface area contributed by atoms with Gasteiger partial charge < -0.3 is 10.1 Å². The minimum Gasteiger partial charge on any atom is -0.478 e. The van der Waals surface area contributed by atoms with Crippen LogP contribution >= 0.6 is 0 Å². The molecule has 1 aromatic rings. The van der Waals surface area contributed by atoms with Crippen molar-refractivity contribution >= 4 is 5.95 Å². The molecule has 1 N–H and O–H groups in total. The summed E-state index contributed by atoms with van der Waals surface area (Å²) in [5.74, 6) is 3.81. The Hall–Kier alpha value is -1.76. The molecular formula is C13H19N3O. The highest BCUT2D eigenvalue weighted by Gasteiger charge is 2.06. The number of terminal acetylenes is 1. The van der Waals surface area contributed by atoms with Crippen LogP contribution in [0.4, 0.5) is 5.95 Å². The Bertz CT molecular complexity index is 373. The number of ether oxygens (including phenoxy) is 1. The van der Waals surface area contributed by atoms with Crippen molar-refractivity contribution in [2.75, 3.05) is 11.9 Å². The summed E-state index contributed by atoms with van der Waals surface area (Å²) in [4.78, 5) is 8.41. The highest BCUT2D eigenvalue weighted by molar-refractivity contribution is 5.29. The monoisotopic (exact) mass is 233 g/mol. The minimum atomic E-state index is 0.210. The quantitative estimate of drug-likeness (QED) is 0.735. The molecule has 1 aromatic heterocycles. The first-order valence-corrected chi connectivity index (χ1v) is 5.96. The molecule has 1 atom stereocenters. The molecule has 0 aliphatic rings. The van der Waals surface area contributed by atoms with Gasteiger partial charge in [-0.15, -0.1) is 12.3 Å². The smallest absolute Gasteiger partial charge is 0.226 e. The summed E-state index contributed by atoms with van der Waals surface area (Å²) in [6.07, 6.45) is 9.55. The van der Waals surface area contributed by atoms with E-state index in [9.17, 15) is 0 Å². The lowest BCUT2D eigenvalue weighted by Gasteiger charge is -2.14. The maximum Gasteiger partial charge on any atom is 0.226 e. The molecule has 0 spiro atoms. The van der Waals surface area contributed by atoms with E-state index in [0.29, 0.717) is 24.9 Å². The second-order valence-corrected chi connectivity index (χ2v) is 3.72. The van der Waals surface area contributed by atoms with Gasteiger partial charge in [-0.05, 0) is 12.8 Å². The fourth-order valence-corrected chi connectivity index (χ4v) is 1.32. The average Bonchev–Trinajstić information content (AvgIpc) is 2.36. The van der Waals surface area contributed by atoms with E-state index in [0.717, 1.165) is 12.8 Å². The molecule has 0 radical (unpaired) electrons. The molecule has 0 aromatic carbocycles. The van der Waals surface area contributed by atoms with Crippen molar-refractivity contribution in [3.05, 3.63) is 12.3 Å². The highest BCUT2D eigenvalue weighted by atomic mass is 16.5. The number of hydrogen-bond acceptors (Lipinski definition) is 4. The molecule has 0 amide bonds. The molecule has 0 saturated heterocycles. The first-order valence-electron chi connectivity index (χ1n) is 5.96. The third-order valence-electron chi connectivity index (χ3n) is 2.27. The average molecular weight is 233 g/mol. The summed E-state index contributed by atoms with van der Waals surface area (Å²) in [7, 11) is 0. The Labute approximate surface area is 103 Å². The van der Waals surface area contributed by atoms with Crippen molar-refractivity contribution in [2.24, 2.45) is 0 Å². The molecule has 1 heterocycles. The van der Waals surface area contributed by atoms with E-state index in [1.165, 1.54) is 0 Å². The molecule has 17 heavy (non-hydrogen) atoms. The Morgan fingerprint density at radius 3 is 3.00 bits per heavy atom. The minimum absolute atomic E-state index is 0.210. The molecule has 4 heteroatoms. The zero-order valence-corrected chi connectivity index (χ0v) is 10.4. The van der Waals surface area contributed by atoms with Gasteiger partial charge in [-0.1, -0.05) is 13.8 Å². The third-order valence-corrected chi connectivity index (χ3v) is 2.27. The van der Waals surface area contributed by atoms with Gasteiger partial charge in [0, 0.05) is 24.7 Å². The normalized spacial score (nSPS) is 11.6. The van der Waals surface area contributed by atoms with E-state index >= 15 is 0 Å². The Balaban J connectivity index is 2.61. The lowest BCUT2D eigenvalue weighted by Crippen LogP contribution is -2.19. The van der Waals surface area contributed by atoms with Crippen LogP contribution in [0.15, 0.2) is 12.3 Å². The molecular weight excluding hydrogens is 214 g/mol. The third kappa shape index (κ3) is 4.73. The zero-order chi connectivity index (χ0) is 12.5. The number of nitrogens with zero attached hydrogens (tertiary/aromatic N) is 2. The fraction of sp³-hybridized carbons (Fsp3) is 0.538. The van der Waals surface area contributed by atoms with Gasteiger partial charge in [-0.25, -0.2) is 4.98 Å². The number of rotatable bonds is 7. The van der Waals surface area contributed by atoms with E-state index in [4.69, 9.17) is 11.2 Å². The maximum absolute atomic E-state index is 5.44. The van der Waals surface area contributed by atoms with Gasteiger partial charge in [0.05, 0.1) is 6.61 Å². The summed E-state index contributed by atoms with van der Waals surface area (Å²) >= 11 is 0. The van der Waals surface area contributed by atoms with E-state index < -0.39 is 0 Å². The van der Waals surface area contributed by atoms with Crippen LogP contribution in [-0.4, -0.2) is 22.6 Å². The van der Waals surface area contributed by atoms with Crippen LogP contribution < -0.4 is 10.1 Å². The van der Waals surface area contributed by atoms with Crippen molar-refractivity contribution in [1.82, 2.24) is 9.97 Å². The molecule has 0 bridgehead atoms. The van der Waals surface area contributed by atoms with Crippen molar-refractivity contribution in [1.29, 1.82) is 0 Å². The fourth-order valence-electron chi connectivity index (χ4n) is 1.32. The first kappa shape index (κ1) is 13.3. The van der Waals surface area contributed by atoms with Gasteiger partial charge in [-0.3, -0.25) is 0 Å². The van der Waals surface area contributed by atoms with Crippen LogP contribution in [0, 0.1) is 12.3 Å². The summed E-state index contributed by atoms with van der Waals surface area (Å²) in [5, 5.41) is 3.20. The largest absolute Gasteiger partial charge is 0.478 e. The molecule has 0 fully saturated rings. The van der Waals surface area contributed by atoms with Crippen LogP contribution in [0.3, 0.4) is 0 Å². The standard InChI is InChI=1S/C13H19N3O/c1-4-7-11(6-3)15-13-14-9-8-12(16-13)17-10-5-2/h1,8-9,11H,5-7,10H2,2-3H3,(H,14,15,16). The van der Waals surface area contributed by atoms with Crippen LogP contribution in [0.2, 0.25) is 0 Å². The summed E-state index contributed by atoms with van der Waals surface area (Å²) < 4.78 is 5.44. The Morgan fingerprint density at radius 1 is 1.53 bits per heavy atom. The van der Waals surface area contributed by atoms with E-state index in [-0.39, 0.29) is 6.04 Å². The van der Waals surface area contributed by atoms with Gasteiger partial charge in [0.2, 0.25) is 11.8 Å². The maximum atomic E-state index is 5.44. The molecule has 0 aliphatic carbocycles. The van der Waals surface area contributed by atoms with Crippen LogP contribution in [-0.2, 0) is 0 Å². The number of nitrogens with one attached hydrogen (secondary N) is 1. The zero-order valence-electron chi connectivity index (χ0n) is 10.4.